The lowest BCUT2D eigenvalue weighted by Crippen LogP contribution is -2.48. The van der Waals surface area contributed by atoms with Gasteiger partial charge in [-0.15, -0.1) is 0 Å². The second kappa shape index (κ2) is 9.61. The number of sulfonamides is 1. The summed E-state index contributed by atoms with van der Waals surface area (Å²) in [6.45, 7) is 1.06. The van der Waals surface area contributed by atoms with Crippen LogP contribution in [0.4, 0.5) is 4.79 Å². The van der Waals surface area contributed by atoms with Gasteiger partial charge in [0.05, 0.1) is 4.90 Å². The van der Waals surface area contributed by atoms with Crippen LogP contribution in [0.15, 0.2) is 59.5 Å². The number of rotatable bonds is 7. The number of carboxylic acid groups (broad SMARTS) is 1. The van der Waals surface area contributed by atoms with Crippen LogP contribution in [0.3, 0.4) is 0 Å². The summed E-state index contributed by atoms with van der Waals surface area (Å²) in [5.41, 5.74) is 1.16. The minimum atomic E-state index is -3.70. The molecular formula is C21H25ClN2O4S. The third-order valence-electron chi connectivity index (χ3n) is 5.25. The number of likely N-dealkylation sites (tertiary alicyclic amines) is 1. The predicted octanol–water partition coefficient (Wildman–Crippen LogP) is 4.11. The van der Waals surface area contributed by atoms with Crippen molar-refractivity contribution in [2.24, 2.45) is 0 Å². The Balaban J connectivity index is 1.77. The topological polar surface area (TPSA) is 77.9 Å². The number of hydrogen-bond donors (Lipinski definition) is 1. The van der Waals surface area contributed by atoms with Gasteiger partial charge in [-0.3, -0.25) is 0 Å². The van der Waals surface area contributed by atoms with Crippen molar-refractivity contribution in [3.05, 3.63) is 65.2 Å². The quantitative estimate of drug-likeness (QED) is 0.708. The SMILES string of the molecule is O=C(O)N1CCC(N(CCCc2ccccc2)S(=O)(=O)c2ccc(Cl)cc2)CC1. The number of hydrogen-bond acceptors (Lipinski definition) is 3. The van der Waals surface area contributed by atoms with Crippen LogP contribution in [-0.2, 0) is 16.4 Å². The molecule has 1 heterocycles. The van der Waals surface area contributed by atoms with Crippen LogP contribution in [0.5, 0.6) is 0 Å². The smallest absolute Gasteiger partial charge is 0.407 e. The number of aryl methyl sites for hydroxylation is 1. The van der Waals surface area contributed by atoms with Gasteiger partial charge in [-0.25, -0.2) is 13.2 Å². The van der Waals surface area contributed by atoms with Gasteiger partial charge in [0.1, 0.15) is 0 Å². The highest BCUT2D eigenvalue weighted by Gasteiger charge is 2.34. The summed E-state index contributed by atoms with van der Waals surface area (Å²) in [5.74, 6) is 0. The van der Waals surface area contributed by atoms with Crippen molar-refractivity contribution in [3.63, 3.8) is 0 Å². The molecule has 3 rings (SSSR count). The molecule has 156 valence electrons. The molecule has 8 heteroatoms. The van der Waals surface area contributed by atoms with E-state index < -0.39 is 16.1 Å². The molecule has 0 saturated carbocycles. The molecule has 1 N–H and O–H groups in total. The molecule has 0 spiro atoms. The molecule has 1 aliphatic heterocycles. The maximum atomic E-state index is 13.4. The molecule has 6 nitrogen and oxygen atoms in total. The highest BCUT2D eigenvalue weighted by Crippen LogP contribution is 2.26. The van der Waals surface area contributed by atoms with Crippen molar-refractivity contribution >= 4 is 27.7 Å². The molecule has 0 unspecified atom stereocenters. The lowest BCUT2D eigenvalue weighted by molar-refractivity contribution is 0.118. The fourth-order valence-electron chi connectivity index (χ4n) is 3.67. The first-order chi connectivity index (χ1) is 13.9. The standard InChI is InChI=1S/C21H25ClN2O4S/c22-18-8-10-20(11-9-18)29(27,28)24(14-4-7-17-5-2-1-3-6-17)19-12-15-23(16-13-19)21(25)26/h1-3,5-6,8-11,19H,4,7,12-16H2,(H,25,26). The Morgan fingerprint density at radius 1 is 1.07 bits per heavy atom. The number of nitrogens with zero attached hydrogens (tertiary/aromatic N) is 2. The van der Waals surface area contributed by atoms with Crippen LogP contribution in [0.2, 0.25) is 5.02 Å². The molecular weight excluding hydrogens is 412 g/mol. The molecule has 1 amide bonds. The monoisotopic (exact) mass is 436 g/mol. The van der Waals surface area contributed by atoms with Crippen LogP contribution in [0.1, 0.15) is 24.8 Å². The lowest BCUT2D eigenvalue weighted by Gasteiger charge is -2.37. The molecule has 0 radical (unpaired) electrons. The largest absolute Gasteiger partial charge is 0.465 e. The highest BCUT2D eigenvalue weighted by molar-refractivity contribution is 7.89. The zero-order chi connectivity index (χ0) is 20.9. The van der Waals surface area contributed by atoms with Gasteiger partial charge in [-0.05, 0) is 55.5 Å². The molecule has 0 aliphatic carbocycles. The molecule has 0 bridgehead atoms. The van der Waals surface area contributed by atoms with Crippen molar-refractivity contribution in [1.29, 1.82) is 0 Å². The summed E-state index contributed by atoms with van der Waals surface area (Å²) in [6.07, 6.45) is 1.49. The van der Waals surface area contributed by atoms with Crippen molar-refractivity contribution in [2.45, 2.75) is 36.6 Å². The summed E-state index contributed by atoms with van der Waals surface area (Å²) in [7, 11) is -3.70. The number of piperidine rings is 1. The zero-order valence-corrected chi connectivity index (χ0v) is 17.6. The summed E-state index contributed by atoms with van der Waals surface area (Å²) in [5, 5.41) is 9.66. The molecule has 1 aliphatic rings. The maximum absolute atomic E-state index is 13.4. The van der Waals surface area contributed by atoms with E-state index in [-0.39, 0.29) is 10.9 Å². The zero-order valence-electron chi connectivity index (χ0n) is 16.1. The first kappa shape index (κ1) is 21.6. The first-order valence-electron chi connectivity index (χ1n) is 9.67. The second-order valence-electron chi connectivity index (χ2n) is 7.16. The molecule has 0 aromatic heterocycles. The Morgan fingerprint density at radius 3 is 2.28 bits per heavy atom. The van der Waals surface area contributed by atoms with Gasteiger partial charge in [0.25, 0.3) is 0 Å². The van der Waals surface area contributed by atoms with Crippen LogP contribution in [-0.4, -0.2) is 54.5 Å². The average Bonchev–Trinajstić information content (AvgIpc) is 2.72. The third kappa shape index (κ3) is 5.50. The normalized spacial score (nSPS) is 15.6. The number of benzene rings is 2. The van der Waals surface area contributed by atoms with E-state index >= 15 is 0 Å². The van der Waals surface area contributed by atoms with E-state index in [1.54, 1.807) is 16.4 Å². The Kier molecular flexibility index (Phi) is 7.16. The molecule has 0 atom stereocenters. The van der Waals surface area contributed by atoms with Crippen LogP contribution >= 0.6 is 11.6 Å². The van der Waals surface area contributed by atoms with Crippen molar-refractivity contribution < 1.29 is 18.3 Å². The van der Waals surface area contributed by atoms with Gasteiger partial charge in [-0.1, -0.05) is 41.9 Å². The van der Waals surface area contributed by atoms with Crippen molar-refractivity contribution in [3.8, 4) is 0 Å². The Bertz CT molecular complexity index is 911. The molecule has 2 aromatic carbocycles. The van der Waals surface area contributed by atoms with Crippen LogP contribution in [0.25, 0.3) is 0 Å². The average molecular weight is 437 g/mol. The Hall–Kier alpha value is -2.09. The second-order valence-corrected chi connectivity index (χ2v) is 9.49. The maximum Gasteiger partial charge on any atom is 0.407 e. The minimum Gasteiger partial charge on any atom is -0.465 e. The van der Waals surface area contributed by atoms with Gasteiger partial charge in [0.2, 0.25) is 10.0 Å². The summed E-state index contributed by atoms with van der Waals surface area (Å²) in [6, 6.07) is 15.9. The molecule has 1 fully saturated rings. The van der Waals surface area contributed by atoms with Gasteiger partial charge in [-0.2, -0.15) is 4.31 Å². The highest BCUT2D eigenvalue weighted by atomic mass is 35.5. The van der Waals surface area contributed by atoms with Gasteiger partial charge in [0, 0.05) is 30.7 Å². The number of halogens is 1. The van der Waals surface area contributed by atoms with E-state index in [4.69, 9.17) is 11.6 Å². The van der Waals surface area contributed by atoms with E-state index in [2.05, 4.69) is 0 Å². The number of carbonyl (C=O) groups is 1. The lowest BCUT2D eigenvalue weighted by atomic mass is 10.0. The van der Waals surface area contributed by atoms with Crippen molar-refractivity contribution in [2.75, 3.05) is 19.6 Å². The predicted molar refractivity (Wildman–Crippen MR) is 113 cm³/mol. The van der Waals surface area contributed by atoms with E-state index in [1.165, 1.54) is 17.0 Å². The summed E-state index contributed by atoms with van der Waals surface area (Å²) >= 11 is 5.92. The van der Waals surface area contributed by atoms with E-state index in [0.717, 1.165) is 12.0 Å². The Labute approximate surface area is 176 Å². The minimum absolute atomic E-state index is 0.210. The van der Waals surface area contributed by atoms with E-state index in [9.17, 15) is 18.3 Å². The fourth-order valence-corrected chi connectivity index (χ4v) is 5.52. The Morgan fingerprint density at radius 2 is 1.69 bits per heavy atom. The molecule has 29 heavy (non-hydrogen) atoms. The third-order valence-corrected chi connectivity index (χ3v) is 7.47. The molecule has 2 aromatic rings. The number of amides is 1. The van der Waals surface area contributed by atoms with Gasteiger partial charge < -0.3 is 10.0 Å². The first-order valence-corrected chi connectivity index (χ1v) is 11.5. The summed E-state index contributed by atoms with van der Waals surface area (Å²) in [4.78, 5) is 12.7. The van der Waals surface area contributed by atoms with E-state index in [0.29, 0.717) is 43.9 Å². The van der Waals surface area contributed by atoms with Gasteiger partial charge >= 0.3 is 6.09 Å². The summed E-state index contributed by atoms with van der Waals surface area (Å²) < 4.78 is 28.3. The van der Waals surface area contributed by atoms with Crippen LogP contribution < -0.4 is 0 Å². The fraction of sp³-hybridized carbons (Fsp3) is 0.381. The molecule has 1 saturated heterocycles. The van der Waals surface area contributed by atoms with Crippen LogP contribution in [0, 0.1) is 0 Å². The van der Waals surface area contributed by atoms with E-state index in [1.807, 2.05) is 30.3 Å². The van der Waals surface area contributed by atoms with Gasteiger partial charge in [0.15, 0.2) is 0 Å². The van der Waals surface area contributed by atoms with Crippen molar-refractivity contribution in [1.82, 2.24) is 9.21 Å².